The van der Waals surface area contributed by atoms with E-state index < -0.39 is 0 Å². The van der Waals surface area contributed by atoms with Gasteiger partial charge in [0.15, 0.2) is 23.6 Å². The predicted octanol–water partition coefficient (Wildman–Crippen LogP) is 4.76. The minimum Gasteiger partial charge on any atom is -0.484 e. The lowest BCUT2D eigenvalue weighted by molar-refractivity contribution is -0.134. The van der Waals surface area contributed by atoms with E-state index in [2.05, 4.69) is 15.2 Å². The van der Waals surface area contributed by atoms with Crippen LogP contribution in [0.3, 0.4) is 0 Å². The van der Waals surface area contributed by atoms with Crippen LogP contribution < -0.4 is 21.1 Å². The molecule has 6 rings (SSSR count). The number of nitrogens with one attached hydrogen (secondary N) is 2. The fourth-order valence-corrected chi connectivity index (χ4v) is 6.34. The van der Waals surface area contributed by atoms with Gasteiger partial charge in [-0.2, -0.15) is 9.97 Å². The molecule has 1 aromatic carbocycles. The van der Waals surface area contributed by atoms with E-state index in [1.807, 2.05) is 11.2 Å². The minimum atomic E-state index is -0.00757. The molecule has 10 nitrogen and oxygen atoms in total. The van der Waals surface area contributed by atoms with Crippen LogP contribution in [0, 0.1) is 0 Å². The summed E-state index contributed by atoms with van der Waals surface area (Å²) in [6, 6.07) is 8.31. The highest BCUT2D eigenvalue weighted by Crippen LogP contribution is 2.34. The molecule has 0 spiro atoms. The number of amides is 1. The quantitative estimate of drug-likeness (QED) is 0.357. The fraction of sp³-hybridized carbons (Fsp3) is 0.586. The lowest BCUT2D eigenvalue weighted by Gasteiger charge is -2.32. The summed E-state index contributed by atoms with van der Waals surface area (Å²) >= 11 is 5.93. The molecule has 0 radical (unpaired) electrons. The van der Waals surface area contributed by atoms with E-state index in [0.717, 1.165) is 68.3 Å². The second-order valence-corrected chi connectivity index (χ2v) is 11.9. The number of hydrogen-bond acceptors (Lipinski definition) is 8. The maximum Gasteiger partial charge on any atom is 0.260 e. The number of nitrogens with two attached hydrogens (primary N) is 1. The van der Waals surface area contributed by atoms with Crippen LogP contribution in [0.5, 0.6) is 5.75 Å². The average Bonchev–Trinajstić information content (AvgIpc) is 3.65. The summed E-state index contributed by atoms with van der Waals surface area (Å²) in [6.45, 7) is 1.35. The van der Waals surface area contributed by atoms with Crippen LogP contribution in [-0.4, -0.2) is 68.1 Å². The second-order valence-electron chi connectivity index (χ2n) is 11.5. The third-order valence-corrected chi connectivity index (χ3v) is 8.86. The summed E-state index contributed by atoms with van der Waals surface area (Å²) in [4.78, 5) is 29.3. The number of carbonyl (C=O) groups excluding carboxylic acids is 1. The Morgan fingerprint density at radius 1 is 0.950 bits per heavy atom. The van der Waals surface area contributed by atoms with Gasteiger partial charge < -0.3 is 30.6 Å². The summed E-state index contributed by atoms with van der Waals surface area (Å²) in [5.41, 5.74) is 7.84. The van der Waals surface area contributed by atoms with E-state index in [1.165, 1.54) is 12.8 Å². The first-order valence-electron chi connectivity index (χ1n) is 14.7. The van der Waals surface area contributed by atoms with Crippen molar-refractivity contribution in [2.24, 2.45) is 5.73 Å². The second kappa shape index (κ2) is 12.2. The van der Waals surface area contributed by atoms with E-state index in [0.29, 0.717) is 47.9 Å². The number of likely N-dealkylation sites (tertiary alicyclic amines) is 1. The number of halogens is 1. The molecular weight excluding hydrogens is 528 g/mol. The highest BCUT2D eigenvalue weighted by molar-refractivity contribution is 6.30. The molecule has 1 aliphatic heterocycles. The number of ether oxygens (including phenoxy) is 1. The van der Waals surface area contributed by atoms with Crippen LogP contribution in [0.4, 0.5) is 11.8 Å². The maximum atomic E-state index is 12.8. The van der Waals surface area contributed by atoms with Crippen LogP contribution in [0.1, 0.15) is 70.3 Å². The van der Waals surface area contributed by atoms with Gasteiger partial charge in [-0.15, -0.1) is 0 Å². The molecule has 3 fully saturated rings. The first-order valence-corrected chi connectivity index (χ1v) is 15.1. The number of carbonyl (C=O) groups is 1. The van der Waals surface area contributed by atoms with E-state index in [1.54, 1.807) is 24.3 Å². The predicted molar refractivity (Wildman–Crippen MR) is 157 cm³/mol. The first kappa shape index (κ1) is 27.1. The number of piperidine rings is 1. The highest BCUT2D eigenvalue weighted by Gasteiger charge is 2.27. The molecule has 0 unspecified atom stereocenters. The van der Waals surface area contributed by atoms with Gasteiger partial charge in [-0.05, 0) is 75.6 Å². The van der Waals surface area contributed by atoms with Gasteiger partial charge in [0.05, 0.1) is 6.33 Å². The maximum absolute atomic E-state index is 12.8. The Bertz CT molecular complexity index is 1290. The third kappa shape index (κ3) is 6.28. The van der Waals surface area contributed by atoms with Crippen LogP contribution in [0.15, 0.2) is 30.6 Å². The van der Waals surface area contributed by atoms with E-state index in [9.17, 15) is 4.79 Å². The number of fused-ring (bicyclic) bond motifs is 1. The van der Waals surface area contributed by atoms with Gasteiger partial charge in [-0.1, -0.05) is 24.4 Å². The van der Waals surface area contributed by atoms with Crippen molar-refractivity contribution in [2.45, 2.75) is 88.4 Å². The summed E-state index contributed by atoms with van der Waals surface area (Å²) < 4.78 is 7.91. The average molecular weight is 567 g/mol. The Kier molecular flexibility index (Phi) is 8.25. The molecule has 0 bridgehead atoms. The number of hydrogen-bond donors (Lipinski definition) is 3. The molecule has 2 aromatic heterocycles. The standard InChI is InChI=1S/C29H39ClN8O2/c30-19-5-11-24(12-6-19)40-17-25(39)37-15-13-22(14-16-37)33-27-26-28(38(18-32-26)23-3-1-2-4-23)36-29(35-27)34-21-9-7-20(31)8-10-21/h5-6,11-12,18,20-23H,1-4,7-10,13-17,31H2,(H2,33,34,35,36). The normalized spacial score (nSPS) is 22.5. The summed E-state index contributed by atoms with van der Waals surface area (Å²) in [5.74, 6) is 2.06. The van der Waals surface area contributed by atoms with Crippen molar-refractivity contribution < 1.29 is 9.53 Å². The van der Waals surface area contributed by atoms with Gasteiger partial charge in [0.1, 0.15) is 5.75 Å². The van der Waals surface area contributed by atoms with Gasteiger partial charge in [0.2, 0.25) is 5.95 Å². The number of aromatic nitrogens is 4. The zero-order valence-electron chi connectivity index (χ0n) is 22.9. The lowest BCUT2D eigenvalue weighted by Crippen LogP contribution is -2.44. The van der Waals surface area contributed by atoms with E-state index in [-0.39, 0.29) is 18.6 Å². The minimum absolute atomic E-state index is 0.00757. The fourth-order valence-electron chi connectivity index (χ4n) is 6.21. The van der Waals surface area contributed by atoms with Crippen LogP contribution in [-0.2, 0) is 4.79 Å². The Balaban J connectivity index is 1.12. The van der Waals surface area contributed by atoms with Crippen molar-refractivity contribution in [2.75, 3.05) is 30.3 Å². The smallest absolute Gasteiger partial charge is 0.260 e. The third-order valence-electron chi connectivity index (χ3n) is 8.61. The molecule has 2 aliphatic carbocycles. The number of rotatable bonds is 8. The van der Waals surface area contributed by atoms with Crippen molar-refractivity contribution in [3.05, 3.63) is 35.6 Å². The molecule has 11 heteroatoms. The van der Waals surface area contributed by atoms with Gasteiger partial charge >= 0.3 is 0 Å². The number of benzene rings is 1. The molecule has 1 amide bonds. The summed E-state index contributed by atoms with van der Waals surface area (Å²) in [6.07, 6.45) is 12.5. The molecule has 3 aliphatic rings. The van der Waals surface area contributed by atoms with Crippen molar-refractivity contribution in [3.63, 3.8) is 0 Å². The Morgan fingerprint density at radius 2 is 1.65 bits per heavy atom. The number of nitrogens with zero attached hydrogens (tertiary/aromatic N) is 5. The van der Waals surface area contributed by atoms with Gasteiger partial charge in [-0.3, -0.25) is 4.79 Å². The van der Waals surface area contributed by atoms with Crippen molar-refractivity contribution in [3.8, 4) is 5.75 Å². The zero-order valence-corrected chi connectivity index (χ0v) is 23.7. The summed E-state index contributed by atoms with van der Waals surface area (Å²) in [5, 5.41) is 7.90. The Labute approximate surface area is 240 Å². The molecular formula is C29H39ClN8O2. The van der Waals surface area contributed by atoms with Gasteiger partial charge in [0, 0.05) is 42.3 Å². The van der Waals surface area contributed by atoms with Crippen LogP contribution in [0.2, 0.25) is 5.02 Å². The monoisotopic (exact) mass is 566 g/mol. The van der Waals surface area contributed by atoms with Crippen molar-refractivity contribution >= 4 is 40.4 Å². The lowest BCUT2D eigenvalue weighted by atomic mass is 9.92. The summed E-state index contributed by atoms with van der Waals surface area (Å²) in [7, 11) is 0. The molecule has 1 saturated heterocycles. The van der Waals surface area contributed by atoms with Gasteiger partial charge in [-0.25, -0.2) is 4.98 Å². The molecule has 3 aromatic rings. The molecule has 3 heterocycles. The van der Waals surface area contributed by atoms with Crippen molar-refractivity contribution in [1.29, 1.82) is 0 Å². The molecule has 2 saturated carbocycles. The largest absolute Gasteiger partial charge is 0.484 e. The Hall–Kier alpha value is -3.11. The van der Waals surface area contributed by atoms with Gasteiger partial charge in [0.25, 0.3) is 5.91 Å². The number of anilines is 2. The molecule has 4 N–H and O–H groups in total. The molecule has 214 valence electrons. The van der Waals surface area contributed by atoms with E-state index >= 15 is 0 Å². The van der Waals surface area contributed by atoms with E-state index in [4.69, 9.17) is 37.0 Å². The topological polar surface area (TPSA) is 123 Å². The molecule has 0 atom stereocenters. The highest BCUT2D eigenvalue weighted by atomic mass is 35.5. The number of imidazole rings is 1. The zero-order chi connectivity index (χ0) is 27.5. The first-order chi connectivity index (χ1) is 19.5. The van der Waals surface area contributed by atoms with Crippen LogP contribution >= 0.6 is 11.6 Å². The SMILES string of the molecule is NC1CCC(Nc2nc(NC3CCN(C(=O)COc4ccc(Cl)cc4)CC3)c3ncn(C4CCCC4)c3n2)CC1. The van der Waals surface area contributed by atoms with Crippen LogP contribution in [0.25, 0.3) is 11.2 Å². The van der Waals surface area contributed by atoms with Crippen molar-refractivity contribution in [1.82, 2.24) is 24.4 Å². The molecule has 40 heavy (non-hydrogen) atoms. The Morgan fingerprint density at radius 3 is 2.38 bits per heavy atom.